The molecule has 0 aliphatic carbocycles. The second-order valence-electron chi connectivity index (χ2n) is 7.40. The quantitative estimate of drug-likeness (QED) is 0.430. The molecule has 2 aromatic heterocycles. The summed E-state index contributed by atoms with van der Waals surface area (Å²) >= 11 is 0. The van der Waals surface area contributed by atoms with Gasteiger partial charge in [-0.1, -0.05) is 0 Å². The Labute approximate surface area is 184 Å². The van der Waals surface area contributed by atoms with E-state index in [4.69, 9.17) is 0 Å². The highest BCUT2D eigenvalue weighted by Gasteiger charge is 2.35. The summed E-state index contributed by atoms with van der Waals surface area (Å²) in [6, 6.07) is 5.75. The van der Waals surface area contributed by atoms with Crippen molar-refractivity contribution in [1.29, 1.82) is 0 Å². The van der Waals surface area contributed by atoms with Crippen molar-refractivity contribution in [2.45, 2.75) is 25.7 Å². The molecule has 0 N–H and O–H groups in total. The van der Waals surface area contributed by atoms with Crippen LogP contribution < -0.4 is 0 Å². The number of aromatic nitrogens is 3. The molecule has 11 heteroatoms. The summed E-state index contributed by atoms with van der Waals surface area (Å²) in [5.74, 6) is -3.28. The van der Waals surface area contributed by atoms with E-state index in [2.05, 4.69) is 26.7 Å². The molecular formula is C22H16F5N5O. The van der Waals surface area contributed by atoms with Crippen LogP contribution in [0.5, 0.6) is 0 Å². The molecule has 1 amide bonds. The molecule has 0 unspecified atom stereocenters. The van der Waals surface area contributed by atoms with E-state index in [0.717, 1.165) is 24.4 Å². The Hall–Kier alpha value is -3.60. The maximum atomic E-state index is 14.5. The lowest BCUT2D eigenvalue weighted by atomic mass is 9.92. The molecule has 0 spiro atoms. The van der Waals surface area contributed by atoms with Gasteiger partial charge in [0, 0.05) is 31.4 Å². The van der Waals surface area contributed by atoms with Gasteiger partial charge in [-0.3, -0.25) is 9.69 Å². The summed E-state index contributed by atoms with van der Waals surface area (Å²) in [7, 11) is 0. The van der Waals surface area contributed by atoms with Crippen molar-refractivity contribution >= 4 is 12.6 Å². The zero-order chi connectivity index (χ0) is 23.8. The lowest BCUT2D eigenvalue weighted by molar-refractivity contribution is -0.145. The van der Waals surface area contributed by atoms with E-state index in [1.54, 1.807) is 4.90 Å². The largest absolute Gasteiger partial charge is 0.451 e. The van der Waals surface area contributed by atoms with Crippen LogP contribution in [0.25, 0.3) is 11.1 Å². The molecule has 0 radical (unpaired) electrons. The predicted octanol–water partition coefficient (Wildman–Crippen LogP) is 4.23. The van der Waals surface area contributed by atoms with Crippen molar-refractivity contribution in [3.8, 4) is 11.1 Å². The molecule has 0 bridgehead atoms. The Morgan fingerprint density at radius 1 is 1.12 bits per heavy atom. The maximum absolute atomic E-state index is 14.5. The summed E-state index contributed by atoms with van der Waals surface area (Å²) in [5.41, 5.74) is 1.40. The van der Waals surface area contributed by atoms with E-state index in [9.17, 15) is 26.7 Å². The summed E-state index contributed by atoms with van der Waals surface area (Å²) in [5, 5.41) is 0. The number of halogens is 5. The van der Waals surface area contributed by atoms with Gasteiger partial charge < -0.3 is 0 Å². The Morgan fingerprint density at radius 3 is 2.64 bits per heavy atom. The molecule has 0 saturated heterocycles. The van der Waals surface area contributed by atoms with Gasteiger partial charge in [-0.15, -0.1) is 0 Å². The number of rotatable bonds is 4. The van der Waals surface area contributed by atoms with Gasteiger partial charge in [-0.05, 0) is 54.6 Å². The number of amides is 1. The SMILES string of the molecule is C=NC(=O)c1cc(-c2cc(F)ccc2F)c2c(n1)CN(Cc1ccnc(C(F)(F)F)n1)CC2. The number of benzene rings is 1. The van der Waals surface area contributed by atoms with Crippen LogP contribution in [0.4, 0.5) is 22.0 Å². The van der Waals surface area contributed by atoms with E-state index in [1.165, 1.54) is 12.1 Å². The third-order valence-corrected chi connectivity index (χ3v) is 5.20. The van der Waals surface area contributed by atoms with Gasteiger partial charge in [0.05, 0.1) is 11.4 Å². The zero-order valence-corrected chi connectivity index (χ0v) is 17.0. The van der Waals surface area contributed by atoms with Gasteiger partial charge in [0.15, 0.2) is 0 Å². The van der Waals surface area contributed by atoms with Crippen molar-refractivity contribution in [3.63, 3.8) is 0 Å². The average Bonchev–Trinajstić information content (AvgIpc) is 2.79. The molecule has 4 rings (SSSR count). The number of pyridine rings is 1. The molecule has 1 aliphatic rings. The lowest BCUT2D eigenvalue weighted by Crippen LogP contribution is -2.32. The standard InChI is InChI=1S/C22H16F5N5O/c1-28-20(33)18-9-15(16-8-12(23)2-3-17(16)24)14-5-7-32(11-19(14)31-18)10-13-4-6-29-21(30-13)22(25,26)27/h2-4,6,8-9H,1,5,7,10-11H2. The topological polar surface area (TPSA) is 71.3 Å². The molecule has 6 nitrogen and oxygen atoms in total. The van der Waals surface area contributed by atoms with Crippen LogP contribution in [0, 0.1) is 11.6 Å². The van der Waals surface area contributed by atoms with E-state index >= 15 is 0 Å². The molecule has 0 saturated carbocycles. The van der Waals surface area contributed by atoms with Gasteiger partial charge in [-0.2, -0.15) is 13.2 Å². The van der Waals surface area contributed by atoms with Crippen molar-refractivity contribution in [3.05, 3.63) is 76.6 Å². The maximum Gasteiger partial charge on any atom is 0.451 e. The third-order valence-electron chi connectivity index (χ3n) is 5.20. The summed E-state index contributed by atoms with van der Waals surface area (Å²) in [4.78, 5) is 28.4. The minimum Gasteiger partial charge on any atom is -0.291 e. The lowest BCUT2D eigenvalue weighted by Gasteiger charge is -2.29. The van der Waals surface area contributed by atoms with Crippen LogP contribution in [-0.4, -0.2) is 39.0 Å². The normalized spacial score (nSPS) is 14.1. The molecule has 33 heavy (non-hydrogen) atoms. The fourth-order valence-electron chi connectivity index (χ4n) is 3.71. The van der Waals surface area contributed by atoms with E-state index in [-0.39, 0.29) is 30.0 Å². The van der Waals surface area contributed by atoms with Gasteiger partial charge >= 0.3 is 6.18 Å². The predicted molar refractivity (Wildman–Crippen MR) is 108 cm³/mol. The summed E-state index contributed by atoms with van der Waals surface area (Å²) < 4.78 is 67.1. The molecule has 3 heterocycles. The van der Waals surface area contributed by atoms with Gasteiger partial charge in [0.2, 0.25) is 5.82 Å². The third kappa shape index (κ3) is 4.77. The first kappa shape index (κ1) is 22.6. The summed E-state index contributed by atoms with van der Waals surface area (Å²) in [6.45, 7) is 3.82. The van der Waals surface area contributed by atoms with Crippen molar-refractivity contribution in [2.75, 3.05) is 6.54 Å². The first-order chi connectivity index (χ1) is 15.7. The highest BCUT2D eigenvalue weighted by Crippen LogP contribution is 2.33. The monoisotopic (exact) mass is 461 g/mol. The highest BCUT2D eigenvalue weighted by molar-refractivity contribution is 5.96. The number of carbonyl (C=O) groups is 1. The Balaban J connectivity index is 1.70. The van der Waals surface area contributed by atoms with Gasteiger partial charge in [0.1, 0.15) is 17.3 Å². The average molecular weight is 461 g/mol. The number of aliphatic imine (C=N–C) groups is 1. The van der Waals surface area contributed by atoms with Crippen molar-refractivity contribution < 1.29 is 26.7 Å². The molecular weight excluding hydrogens is 445 g/mol. The fourth-order valence-corrected chi connectivity index (χ4v) is 3.71. The minimum absolute atomic E-state index is 0.0224. The summed E-state index contributed by atoms with van der Waals surface area (Å²) in [6.07, 6.45) is -3.28. The van der Waals surface area contributed by atoms with Crippen LogP contribution in [-0.2, 0) is 25.7 Å². The fraction of sp³-hybridized carbons (Fsp3) is 0.227. The van der Waals surface area contributed by atoms with E-state index in [1.807, 2.05) is 0 Å². The van der Waals surface area contributed by atoms with Gasteiger partial charge in [0.25, 0.3) is 5.91 Å². The van der Waals surface area contributed by atoms with Crippen molar-refractivity contribution in [2.24, 2.45) is 4.99 Å². The number of carbonyl (C=O) groups excluding carboxylic acids is 1. The van der Waals surface area contributed by atoms with E-state index < -0.39 is 29.5 Å². The minimum atomic E-state index is -4.66. The number of hydrogen-bond donors (Lipinski definition) is 0. The molecule has 0 fully saturated rings. The smallest absolute Gasteiger partial charge is 0.291 e. The Morgan fingerprint density at radius 2 is 1.91 bits per heavy atom. The Kier molecular flexibility index (Phi) is 5.98. The molecule has 170 valence electrons. The second kappa shape index (κ2) is 8.74. The second-order valence-corrected chi connectivity index (χ2v) is 7.40. The van der Waals surface area contributed by atoms with Crippen LogP contribution in [0.3, 0.4) is 0 Å². The molecule has 1 aromatic carbocycles. The zero-order valence-electron chi connectivity index (χ0n) is 17.0. The van der Waals surface area contributed by atoms with Crippen molar-refractivity contribution in [1.82, 2.24) is 19.9 Å². The van der Waals surface area contributed by atoms with Crippen LogP contribution in [0.15, 0.2) is 41.5 Å². The number of alkyl halides is 3. The highest BCUT2D eigenvalue weighted by atomic mass is 19.4. The van der Waals surface area contributed by atoms with Crippen LogP contribution in [0.1, 0.15) is 33.3 Å². The van der Waals surface area contributed by atoms with E-state index in [0.29, 0.717) is 29.8 Å². The van der Waals surface area contributed by atoms with Gasteiger partial charge in [-0.25, -0.2) is 28.7 Å². The number of hydrogen-bond acceptors (Lipinski definition) is 5. The molecule has 1 aliphatic heterocycles. The van der Waals surface area contributed by atoms with Crippen LogP contribution in [0.2, 0.25) is 0 Å². The van der Waals surface area contributed by atoms with Crippen LogP contribution >= 0.6 is 0 Å². The Bertz CT molecular complexity index is 1240. The first-order valence-electron chi connectivity index (χ1n) is 9.76. The number of fused-ring (bicyclic) bond motifs is 1. The number of nitrogens with zero attached hydrogens (tertiary/aromatic N) is 5. The first-order valence-corrected chi connectivity index (χ1v) is 9.76. The molecule has 3 aromatic rings. The molecule has 0 atom stereocenters.